The molecule has 122 valence electrons. The van der Waals surface area contributed by atoms with E-state index in [4.69, 9.17) is 5.11 Å². The molecule has 1 heterocycles. The first kappa shape index (κ1) is 18.0. The lowest BCUT2D eigenvalue weighted by atomic mass is 10.0. The maximum Gasteiger partial charge on any atom is 0.326 e. The van der Waals surface area contributed by atoms with E-state index >= 15 is 0 Å². The van der Waals surface area contributed by atoms with Gasteiger partial charge in [0.05, 0.1) is 0 Å². The first-order chi connectivity index (χ1) is 10.1. The Balaban J connectivity index is 2.16. The highest BCUT2D eigenvalue weighted by atomic mass is 16.4. The summed E-state index contributed by atoms with van der Waals surface area (Å²) in [7, 11) is 0. The van der Waals surface area contributed by atoms with E-state index in [1.165, 1.54) is 44.9 Å². The topological polar surface area (TPSA) is 57.6 Å². The fourth-order valence-corrected chi connectivity index (χ4v) is 3.21. The van der Waals surface area contributed by atoms with Crippen LogP contribution in [-0.2, 0) is 9.59 Å². The monoisotopic (exact) mass is 297 g/mol. The molecule has 1 rings (SSSR count). The van der Waals surface area contributed by atoms with Crippen LogP contribution < -0.4 is 0 Å². The highest BCUT2D eigenvalue weighted by molar-refractivity contribution is 5.87. The fourth-order valence-electron chi connectivity index (χ4n) is 3.21. The largest absolute Gasteiger partial charge is 0.480 e. The normalized spacial score (nSPS) is 20.0. The second kappa shape index (κ2) is 9.80. The zero-order chi connectivity index (χ0) is 15.7. The standard InChI is InChI=1S/C17H31NO3/c1-3-4-5-6-7-8-9-10-11-14(2)18-15(17(20)21)12-13-16(18)19/h14-15H,3-13H2,1-2H3,(H,20,21)/t14?,15-/m0/s1. The lowest BCUT2D eigenvalue weighted by molar-refractivity contribution is -0.147. The first-order valence-corrected chi connectivity index (χ1v) is 8.62. The van der Waals surface area contributed by atoms with Crippen molar-refractivity contribution in [3.8, 4) is 0 Å². The summed E-state index contributed by atoms with van der Waals surface area (Å²) in [6.07, 6.45) is 11.9. The number of hydrogen-bond donors (Lipinski definition) is 1. The van der Waals surface area contributed by atoms with Crippen LogP contribution in [0.3, 0.4) is 0 Å². The molecule has 0 aliphatic carbocycles. The molecule has 0 bridgehead atoms. The SMILES string of the molecule is CCCCCCCCCCC(C)N1C(=O)CC[C@H]1C(=O)O. The third kappa shape index (κ3) is 6.06. The van der Waals surface area contributed by atoms with Gasteiger partial charge in [0.25, 0.3) is 0 Å². The number of rotatable bonds is 11. The van der Waals surface area contributed by atoms with Gasteiger partial charge >= 0.3 is 5.97 Å². The number of nitrogens with zero attached hydrogens (tertiary/aromatic N) is 1. The van der Waals surface area contributed by atoms with E-state index in [0.717, 1.165) is 12.8 Å². The molecule has 0 aromatic heterocycles. The van der Waals surface area contributed by atoms with Gasteiger partial charge in [0.2, 0.25) is 5.91 Å². The van der Waals surface area contributed by atoms with Gasteiger partial charge in [0.15, 0.2) is 0 Å². The Morgan fingerprint density at radius 2 is 1.76 bits per heavy atom. The maximum absolute atomic E-state index is 11.8. The second-order valence-corrected chi connectivity index (χ2v) is 6.31. The average Bonchev–Trinajstić information content (AvgIpc) is 2.83. The third-order valence-electron chi connectivity index (χ3n) is 4.49. The summed E-state index contributed by atoms with van der Waals surface area (Å²) >= 11 is 0. The van der Waals surface area contributed by atoms with Crippen molar-refractivity contribution in [1.29, 1.82) is 0 Å². The molecule has 1 N–H and O–H groups in total. The van der Waals surface area contributed by atoms with E-state index in [-0.39, 0.29) is 11.9 Å². The van der Waals surface area contributed by atoms with Crippen LogP contribution in [-0.4, -0.2) is 34.0 Å². The van der Waals surface area contributed by atoms with Gasteiger partial charge in [-0.2, -0.15) is 0 Å². The molecule has 0 radical (unpaired) electrons. The van der Waals surface area contributed by atoms with Crippen LogP contribution in [0.5, 0.6) is 0 Å². The Kier molecular flexibility index (Phi) is 8.40. The molecule has 0 spiro atoms. The number of carboxylic acids is 1. The molecule has 0 aromatic rings. The van der Waals surface area contributed by atoms with E-state index in [0.29, 0.717) is 12.8 Å². The third-order valence-corrected chi connectivity index (χ3v) is 4.49. The van der Waals surface area contributed by atoms with Crippen molar-refractivity contribution in [3.05, 3.63) is 0 Å². The van der Waals surface area contributed by atoms with E-state index in [1.54, 1.807) is 4.90 Å². The number of aliphatic carboxylic acids is 1. The number of unbranched alkanes of at least 4 members (excludes halogenated alkanes) is 7. The quantitative estimate of drug-likeness (QED) is 0.587. The van der Waals surface area contributed by atoms with E-state index in [2.05, 4.69) is 6.92 Å². The Morgan fingerprint density at radius 1 is 1.19 bits per heavy atom. The predicted octanol–water partition coefficient (Wildman–Crippen LogP) is 3.98. The Hall–Kier alpha value is -1.06. The van der Waals surface area contributed by atoms with Crippen LogP contribution in [0.4, 0.5) is 0 Å². The number of likely N-dealkylation sites (tertiary alicyclic amines) is 1. The smallest absolute Gasteiger partial charge is 0.326 e. The summed E-state index contributed by atoms with van der Waals surface area (Å²) in [5.74, 6) is -0.849. The molecule has 1 aliphatic rings. The number of carbonyl (C=O) groups is 2. The lowest BCUT2D eigenvalue weighted by Gasteiger charge is -2.28. The molecule has 2 atom stereocenters. The summed E-state index contributed by atoms with van der Waals surface area (Å²) in [4.78, 5) is 24.6. The van der Waals surface area contributed by atoms with Crippen LogP contribution >= 0.6 is 0 Å². The molecule has 4 heteroatoms. The number of carbonyl (C=O) groups excluding carboxylic acids is 1. The van der Waals surface area contributed by atoms with Crippen molar-refractivity contribution in [2.45, 2.75) is 96.6 Å². The van der Waals surface area contributed by atoms with Crippen LogP contribution in [0.25, 0.3) is 0 Å². The molecule has 1 aliphatic heterocycles. The molecule has 1 saturated heterocycles. The molecule has 1 amide bonds. The Morgan fingerprint density at radius 3 is 2.33 bits per heavy atom. The Bertz CT molecular complexity index is 330. The van der Waals surface area contributed by atoms with E-state index in [1.807, 2.05) is 6.92 Å². The molecule has 1 fully saturated rings. The zero-order valence-corrected chi connectivity index (χ0v) is 13.6. The van der Waals surface area contributed by atoms with Crippen molar-refractivity contribution in [3.63, 3.8) is 0 Å². The molecule has 21 heavy (non-hydrogen) atoms. The van der Waals surface area contributed by atoms with Gasteiger partial charge < -0.3 is 10.0 Å². The summed E-state index contributed by atoms with van der Waals surface area (Å²) in [5.41, 5.74) is 0. The average molecular weight is 297 g/mol. The predicted molar refractivity (Wildman–Crippen MR) is 84.2 cm³/mol. The van der Waals surface area contributed by atoms with E-state index < -0.39 is 12.0 Å². The fraction of sp³-hybridized carbons (Fsp3) is 0.882. The number of amides is 1. The van der Waals surface area contributed by atoms with Gasteiger partial charge in [-0.05, 0) is 19.8 Å². The zero-order valence-electron chi connectivity index (χ0n) is 13.6. The van der Waals surface area contributed by atoms with Crippen LogP contribution in [0.15, 0.2) is 0 Å². The molecular weight excluding hydrogens is 266 g/mol. The van der Waals surface area contributed by atoms with Crippen molar-refractivity contribution in [1.82, 2.24) is 4.90 Å². The van der Waals surface area contributed by atoms with Crippen LogP contribution in [0.1, 0.15) is 84.5 Å². The lowest BCUT2D eigenvalue weighted by Crippen LogP contribution is -2.44. The first-order valence-electron chi connectivity index (χ1n) is 8.62. The molecule has 0 saturated carbocycles. The molecular formula is C17H31NO3. The minimum Gasteiger partial charge on any atom is -0.480 e. The van der Waals surface area contributed by atoms with Crippen molar-refractivity contribution in [2.75, 3.05) is 0 Å². The molecule has 1 unspecified atom stereocenters. The van der Waals surface area contributed by atoms with Crippen LogP contribution in [0, 0.1) is 0 Å². The highest BCUT2D eigenvalue weighted by Crippen LogP contribution is 2.24. The van der Waals surface area contributed by atoms with E-state index in [9.17, 15) is 9.59 Å². The molecule has 4 nitrogen and oxygen atoms in total. The van der Waals surface area contributed by atoms with Gasteiger partial charge in [-0.15, -0.1) is 0 Å². The van der Waals surface area contributed by atoms with Gasteiger partial charge in [-0.1, -0.05) is 58.3 Å². The maximum atomic E-state index is 11.8. The Labute approximate surface area is 128 Å². The minimum atomic E-state index is -0.858. The summed E-state index contributed by atoms with van der Waals surface area (Å²) in [6.45, 7) is 4.21. The molecule has 0 aromatic carbocycles. The van der Waals surface area contributed by atoms with Gasteiger partial charge in [-0.25, -0.2) is 4.79 Å². The number of hydrogen-bond acceptors (Lipinski definition) is 2. The van der Waals surface area contributed by atoms with Gasteiger partial charge in [-0.3, -0.25) is 4.79 Å². The summed E-state index contributed by atoms with van der Waals surface area (Å²) < 4.78 is 0. The van der Waals surface area contributed by atoms with Crippen molar-refractivity contribution in [2.24, 2.45) is 0 Å². The van der Waals surface area contributed by atoms with Crippen molar-refractivity contribution < 1.29 is 14.7 Å². The summed E-state index contributed by atoms with van der Waals surface area (Å²) in [5, 5.41) is 9.17. The summed E-state index contributed by atoms with van der Waals surface area (Å²) in [6, 6.07) is -0.539. The van der Waals surface area contributed by atoms with Crippen molar-refractivity contribution >= 4 is 11.9 Å². The minimum absolute atomic E-state index is 0.00876. The van der Waals surface area contributed by atoms with Gasteiger partial charge in [0.1, 0.15) is 6.04 Å². The van der Waals surface area contributed by atoms with Gasteiger partial charge in [0, 0.05) is 12.5 Å². The number of carboxylic acid groups (broad SMARTS) is 1. The second-order valence-electron chi connectivity index (χ2n) is 6.31. The van der Waals surface area contributed by atoms with Crippen LogP contribution in [0.2, 0.25) is 0 Å². The highest BCUT2D eigenvalue weighted by Gasteiger charge is 2.38.